The van der Waals surface area contributed by atoms with Crippen molar-refractivity contribution >= 4 is 15.9 Å². The van der Waals surface area contributed by atoms with Gasteiger partial charge in [0, 0.05) is 26.2 Å². The molecule has 128 valence electrons. The molecule has 1 amide bonds. The summed E-state index contributed by atoms with van der Waals surface area (Å²) in [5, 5.41) is 0. The molecule has 0 N–H and O–H groups in total. The third kappa shape index (κ3) is 4.68. The maximum atomic E-state index is 12.3. The van der Waals surface area contributed by atoms with Crippen LogP contribution in [0.15, 0.2) is 24.3 Å². The standard InChI is InChI=1S/C16H24N2O4S/c1-3-23(20,21)18-10-6-9-17(11-12-18)16(19)13-22-15-8-5-4-7-14(15)2/h4-5,7-8H,3,6,9-13H2,1-2H3. The summed E-state index contributed by atoms with van der Waals surface area (Å²) < 4.78 is 30.9. The number of sulfonamides is 1. The van der Waals surface area contributed by atoms with Crippen LogP contribution in [0, 0.1) is 6.92 Å². The number of nitrogens with zero attached hydrogens (tertiary/aromatic N) is 2. The molecule has 0 radical (unpaired) electrons. The summed E-state index contributed by atoms with van der Waals surface area (Å²) in [5.41, 5.74) is 0.983. The molecule has 0 aliphatic carbocycles. The molecular formula is C16H24N2O4S. The van der Waals surface area contributed by atoms with E-state index in [2.05, 4.69) is 0 Å². The largest absolute Gasteiger partial charge is 0.484 e. The zero-order valence-electron chi connectivity index (χ0n) is 13.7. The fraction of sp³-hybridized carbons (Fsp3) is 0.562. The van der Waals surface area contributed by atoms with Gasteiger partial charge in [-0.1, -0.05) is 18.2 Å². The second kappa shape index (κ2) is 7.79. The van der Waals surface area contributed by atoms with Crippen LogP contribution < -0.4 is 4.74 Å². The van der Waals surface area contributed by atoms with Crippen LogP contribution in [0.5, 0.6) is 5.75 Å². The average Bonchev–Trinajstić information content (AvgIpc) is 2.80. The zero-order valence-corrected chi connectivity index (χ0v) is 14.5. The lowest BCUT2D eigenvalue weighted by molar-refractivity contribution is -0.133. The van der Waals surface area contributed by atoms with Crippen LogP contribution in [-0.2, 0) is 14.8 Å². The quantitative estimate of drug-likeness (QED) is 0.809. The summed E-state index contributed by atoms with van der Waals surface area (Å²) in [6.07, 6.45) is 0.648. The van der Waals surface area contributed by atoms with Crippen molar-refractivity contribution in [1.82, 2.24) is 9.21 Å². The van der Waals surface area contributed by atoms with E-state index >= 15 is 0 Å². The van der Waals surface area contributed by atoms with E-state index in [1.165, 1.54) is 4.31 Å². The lowest BCUT2D eigenvalue weighted by Crippen LogP contribution is -2.39. The summed E-state index contributed by atoms with van der Waals surface area (Å²) in [7, 11) is -3.19. The third-order valence-electron chi connectivity index (χ3n) is 4.01. The Morgan fingerprint density at radius 2 is 1.91 bits per heavy atom. The van der Waals surface area contributed by atoms with Crippen molar-refractivity contribution in [2.24, 2.45) is 0 Å². The van der Waals surface area contributed by atoms with E-state index in [9.17, 15) is 13.2 Å². The Labute approximate surface area is 138 Å². The van der Waals surface area contributed by atoms with Gasteiger partial charge in [-0.05, 0) is 31.9 Å². The smallest absolute Gasteiger partial charge is 0.260 e. The van der Waals surface area contributed by atoms with Gasteiger partial charge in [0.15, 0.2) is 6.61 Å². The highest BCUT2D eigenvalue weighted by atomic mass is 32.2. The lowest BCUT2D eigenvalue weighted by atomic mass is 10.2. The van der Waals surface area contributed by atoms with E-state index in [1.807, 2.05) is 31.2 Å². The molecule has 23 heavy (non-hydrogen) atoms. The summed E-state index contributed by atoms with van der Waals surface area (Å²) in [5.74, 6) is 0.687. The van der Waals surface area contributed by atoms with Crippen LogP contribution in [0.2, 0.25) is 0 Å². The Kier molecular flexibility index (Phi) is 6.01. The van der Waals surface area contributed by atoms with E-state index in [4.69, 9.17) is 4.74 Å². The second-order valence-electron chi connectivity index (χ2n) is 5.59. The predicted octanol–water partition coefficient (Wildman–Crippen LogP) is 1.26. The van der Waals surface area contributed by atoms with E-state index in [1.54, 1.807) is 11.8 Å². The van der Waals surface area contributed by atoms with Crippen molar-refractivity contribution in [3.05, 3.63) is 29.8 Å². The number of aryl methyl sites for hydroxylation is 1. The Balaban J connectivity index is 1.90. The molecule has 7 heteroatoms. The van der Waals surface area contributed by atoms with Gasteiger partial charge >= 0.3 is 0 Å². The van der Waals surface area contributed by atoms with Crippen LogP contribution in [0.3, 0.4) is 0 Å². The summed E-state index contributed by atoms with van der Waals surface area (Å²) in [4.78, 5) is 14.0. The van der Waals surface area contributed by atoms with Gasteiger partial charge in [0.1, 0.15) is 5.75 Å². The van der Waals surface area contributed by atoms with Crippen molar-refractivity contribution < 1.29 is 17.9 Å². The number of carbonyl (C=O) groups is 1. The monoisotopic (exact) mass is 340 g/mol. The molecule has 0 aromatic heterocycles. The average molecular weight is 340 g/mol. The Bertz CT molecular complexity index is 645. The maximum Gasteiger partial charge on any atom is 0.260 e. The minimum absolute atomic E-state index is 0.0224. The number of carbonyl (C=O) groups excluding carboxylic acids is 1. The molecule has 0 unspecified atom stereocenters. The molecule has 1 saturated heterocycles. The number of ether oxygens (including phenoxy) is 1. The summed E-state index contributed by atoms with van der Waals surface area (Å²) >= 11 is 0. The van der Waals surface area contributed by atoms with E-state index in [0.717, 1.165) is 5.56 Å². The molecule has 0 spiro atoms. The molecule has 6 nitrogen and oxygen atoms in total. The van der Waals surface area contributed by atoms with E-state index < -0.39 is 10.0 Å². The van der Waals surface area contributed by atoms with Gasteiger partial charge in [0.25, 0.3) is 5.91 Å². The molecule has 0 bridgehead atoms. The Hall–Kier alpha value is -1.60. The first-order chi connectivity index (χ1) is 10.9. The van der Waals surface area contributed by atoms with Crippen LogP contribution in [0.25, 0.3) is 0 Å². The molecule has 1 aliphatic heterocycles. The van der Waals surface area contributed by atoms with Gasteiger partial charge < -0.3 is 9.64 Å². The van der Waals surface area contributed by atoms with Crippen LogP contribution in [-0.4, -0.2) is 62.1 Å². The first kappa shape index (κ1) is 17.7. The SMILES string of the molecule is CCS(=O)(=O)N1CCCN(C(=O)COc2ccccc2C)CC1. The summed E-state index contributed by atoms with van der Waals surface area (Å²) in [6.45, 7) is 5.34. The third-order valence-corrected chi connectivity index (χ3v) is 5.89. The van der Waals surface area contributed by atoms with E-state index in [-0.39, 0.29) is 18.3 Å². The van der Waals surface area contributed by atoms with Crippen LogP contribution in [0.1, 0.15) is 18.9 Å². The Morgan fingerprint density at radius 1 is 1.17 bits per heavy atom. The van der Waals surface area contributed by atoms with Gasteiger partial charge in [-0.3, -0.25) is 4.79 Å². The van der Waals surface area contributed by atoms with Crippen molar-refractivity contribution in [1.29, 1.82) is 0 Å². The minimum Gasteiger partial charge on any atom is -0.484 e. The number of rotatable bonds is 5. The predicted molar refractivity (Wildman–Crippen MR) is 88.9 cm³/mol. The van der Waals surface area contributed by atoms with Crippen LogP contribution >= 0.6 is 0 Å². The molecule has 0 atom stereocenters. The summed E-state index contributed by atoms with van der Waals surface area (Å²) in [6, 6.07) is 7.55. The number of amides is 1. The number of benzene rings is 1. The Morgan fingerprint density at radius 3 is 2.61 bits per heavy atom. The molecule has 2 rings (SSSR count). The molecule has 0 saturated carbocycles. The van der Waals surface area contributed by atoms with Crippen molar-refractivity contribution in [3.63, 3.8) is 0 Å². The van der Waals surface area contributed by atoms with Gasteiger partial charge in [-0.15, -0.1) is 0 Å². The maximum absolute atomic E-state index is 12.3. The highest BCUT2D eigenvalue weighted by Crippen LogP contribution is 2.16. The van der Waals surface area contributed by atoms with Crippen molar-refractivity contribution in [2.75, 3.05) is 38.5 Å². The van der Waals surface area contributed by atoms with Gasteiger partial charge in [0.05, 0.1) is 5.75 Å². The minimum atomic E-state index is -3.19. The molecule has 1 aromatic rings. The number of hydrogen-bond acceptors (Lipinski definition) is 4. The first-order valence-corrected chi connectivity index (χ1v) is 9.49. The molecule has 1 fully saturated rings. The van der Waals surface area contributed by atoms with Crippen molar-refractivity contribution in [3.8, 4) is 5.75 Å². The molecular weight excluding hydrogens is 316 g/mol. The molecule has 1 aromatic carbocycles. The lowest BCUT2D eigenvalue weighted by Gasteiger charge is -2.21. The first-order valence-electron chi connectivity index (χ1n) is 7.88. The normalized spacial score (nSPS) is 16.9. The topological polar surface area (TPSA) is 66.9 Å². The molecule has 1 aliphatic rings. The second-order valence-corrected chi connectivity index (χ2v) is 7.85. The number of para-hydroxylation sites is 1. The molecule has 1 heterocycles. The number of hydrogen-bond donors (Lipinski definition) is 0. The highest BCUT2D eigenvalue weighted by molar-refractivity contribution is 7.89. The van der Waals surface area contributed by atoms with Gasteiger partial charge in [0.2, 0.25) is 10.0 Å². The fourth-order valence-electron chi connectivity index (χ4n) is 2.55. The van der Waals surface area contributed by atoms with Crippen molar-refractivity contribution in [2.45, 2.75) is 20.3 Å². The van der Waals surface area contributed by atoms with Gasteiger partial charge in [-0.2, -0.15) is 0 Å². The fourth-order valence-corrected chi connectivity index (χ4v) is 3.69. The van der Waals surface area contributed by atoms with E-state index in [0.29, 0.717) is 38.3 Å². The highest BCUT2D eigenvalue weighted by Gasteiger charge is 2.25. The van der Waals surface area contributed by atoms with Gasteiger partial charge in [-0.25, -0.2) is 12.7 Å². The van der Waals surface area contributed by atoms with Crippen LogP contribution in [0.4, 0.5) is 0 Å². The zero-order chi connectivity index (χ0) is 16.9.